The van der Waals surface area contributed by atoms with Gasteiger partial charge in [-0.25, -0.2) is 9.36 Å². The molecule has 2 N–H and O–H groups in total. The van der Waals surface area contributed by atoms with E-state index in [1.165, 1.54) is 17.2 Å². The highest BCUT2D eigenvalue weighted by molar-refractivity contribution is 7.52. The van der Waals surface area contributed by atoms with Gasteiger partial charge in [-0.1, -0.05) is 43.5 Å². The van der Waals surface area contributed by atoms with E-state index in [1.807, 2.05) is 0 Å². The van der Waals surface area contributed by atoms with Crippen molar-refractivity contribution in [1.29, 1.82) is 0 Å². The van der Waals surface area contributed by atoms with E-state index in [0.29, 0.717) is 23.8 Å². The molecule has 4 unspecified atom stereocenters. The fourth-order valence-electron chi connectivity index (χ4n) is 4.37. The quantitative estimate of drug-likeness (QED) is 0.245. The highest BCUT2D eigenvalue weighted by atomic mass is 31.2. The summed E-state index contributed by atoms with van der Waals surface area (Å²) in [5, 5.41) is 2.68. The molecule has 2 aromatic rings. The molecular formula is C26H34N3O8P. The molecule has 2 heterocycles. The molecule has 0 radical (unpaired) electrons. The lowest BCUT2D eigenvalue weighted by molar-refractivity contribution is -0.147. The Bertz CT molecular complexity index is 1290. The number of hydrogen-bond donors (Lipinski definition) is 2. The SMILES string of the molecule is Cc1cn(C2C=CC(COP(=O)(NC(C)C(=O)OCC3CCCCC3)Oc3ccccc3)O2)c(=O)[nH]c1=O. The zero-order chi connectivity index (χ0) is 27.1. The van der Waals surface area contributed by atoms with Crippen molar-refractivity contribution in [3.05, 3.63) is 75.1 Å². The first-order valence-electron chi connectivity index (χ1n) is 12.8. The number of aromatic amines is 1. The third kappa shape index (κ3) is 7.54. The number of ether oxygens (including phenoxy) is 2. The Labute approximate surface area is 220 Å². The van der Waals surface area contributed by atoms with Crippen LogP contribution in [0.5, 0.6) is 5.75 Å². The molecule has 0 spiro atoms. The van der Waals surface area contributed by atoms with E-state index in [4.69, 9.17) is 18.5 Å². The minimum atomic E-state index is -4.06. The topological polar surface area (TPSA) is 138 Å². The smallest absolute Gasteiger partial charge is 0.459 e. The lowest BCUT2D eigenvalue weighted by Gasteiger charge is -2.25. The predicted molar refractivity (Wildman–Crippen MR) is 140 cm³/mol. The molecule has 12 heteroatoms. The number of esters is 1. The van der Waals surface area contributed by atoms with Crippen LogP contribution >= 0.6 is 7.75 Å². The van der Waals surface area contributed by atoms with Crippen molar-refractivity contribution in [2.45, 2.75) is 64.3 Å². The molecule has 1 saturated carbocycles. The Morgan fingerprint density at radius 1 is 1.16 bits per heavy atom. The van der Waals surface area contributed by atoms with E-state index in [0.717, 1.165) is 25.7 Å². The number of para-hydroxylation sites is 1. The van der Waals surface area contributed by atoms with Gasteiger partial charge in [0.05, 0.1) is 13.2 Å². The van der Waals surface area contributed by atoms with Gasteiger partial charge in [-0.05, 0) is 50.8 Å². The number of rotatable bonds is 11. The standard InChI is InChI=1S/C26H34N3O8P/c1-18-15-29(26(32)27-24(18)30)23-14-13-22(36-23)17-35-38(33,37-21-11-7-4-8-12-21)28-19(2)25(31)34-16-20-9-5-3-6-10-20/h4,7-8,11-15,19-20,22-23H,3,5-6,9-10,16-17H2,1-2H3,(H,28,33)(H,27,30,32). The summed E-state index contributed by atoms with van der Waals surface area (Å²) in [6.07, 6.45) is 8.82. The molecule has 2 aliphatic rings. The van der Waals surface area contributed by atoms with Crippen molar-refractivity contribution in [1.82, 2.24) is 14.6 Å². The number of nitrogens with one attached hydrogen (secondary N) is 2. The Hall–Kier alpha value is -2.98. The number of carbonyl (C=O) groups excluding carboxylic acids is 1. The van der Waals surface area contributed by atoms with Crippen molar-refractivity contribution in [3.8, 4) is 5.75 Å². The van der Waals surface area contributed by atoms with Crippen LogP contribution < -0.4 is 20.9 Å². The predicted octanol–water partition coefficient (Wildman–Crippen LogP) is 3.60. The van der Waals surface area contributed by atoms with Gasteiger partial charge in [-0.15, -0.1) is 0 Å². The number of carbonyl (C=O) groups is 1. The summed E-state index contributed by atoms with van der Waals surface area (Å²) in [6.45, 7) is 3.27. The largest absolute Gasteiger partial charge is 0.464 e. The van der Waals surface area contributed by atoms with Gasteiger partial charge in [0.25, 0.3) is 5.56 Å². The van der Waals surface area contributed by atoms with Crippen LogP contribution in [0.3, 0.4) is 0 Å². The third-order valence-corrected chi connectivity index (χ3v) is 8.14. The van der Waals surface area contributed by atoms with E-state index >= 15 is 0 Å². The number of benzene rings is 1. The molecule has 1 aliphatic carbocycles. The molecule has 11 nitrogen and oxygen atoms in total. The van der Waals surface area contributed by atoms with Gasteiger partial charge in [0.15, 0.2) is 6.23 Å². The van der Waals surface area contributed by atoms with Crippen molar-refractivity contribution in [2.24, 2.45) is 5.92 Å². The van der Waals surface area contributed by atoms with Crippen molar-refractivity contribution < 1.29 is 27.9 Å². The minimum Gasteiger partial charge on any atom is -0.464 e. The second kappa shape index (κ2) is 12.7. The van der Waals surface area contributed by atoms with Crippen LogP contribution in [0.2, 0.25) is 0 Å². The average molecular weight is 548 g/mol. The fraction of sp³-hybridized carbons (Fsp3) is 0.500. The third-order valence-electron chi connectivity index (χ3n) is 6.49. The maximum Gasteiger partial charge on any atom is 0.459 e. The molecule has 4 rings (SSSR count). The summed E-state index contributed by atoms with van der Waals surface area (Å²) in [5.41, 5.74) is -0.725. The molecular weight excluding hydrogens is 513 g/mol. The normalized spacial score (nSPS) is 22.1. The first-order valence-corrected chi connectivity index (χ1v) is 14.4. The first-order chi connectivity index (χ1) is 18.2. The summed E-state index contributed by atoms with van der Waals surface area (Å²) < 4.78 is 37.6. The lowest BCUT2D eigenvalue weighted by Crippen LogP contribution is -2.36. The monoisotopic (exact) mass is 547 g/mol. The van der Waals surface area contributed by atoms with E-state index in [9.17, 15) is 18.9 Å². The van der Waals surface area contributed by atoms with Crippen LogP contribution in [0.15, 0.2) is 58.3 Å². The fourth-order valence-corrected chi connectivity index (χ4v) is 5.87. The molecule has 1 aromatic heterocycles. The second-order valence-electron chi connectivity index (χ2n) is 9.61. The summed E-state index contributed by atoms with van der Waals surface area (Å²) in [5.74, 6) is 0.101. The zero-order valence-electron chi connectivity index (χ0n) is 21.5. The van der Waals surface area contributed by atoms with E-state index in [-0.39, 0.29) is 6.61 Å². The molecule has 1 aliphatic heterocycles. The van der Waals surface area contributed by atoms with Gasteiger partial charge >= 0.3 is 19.4 Å². The lowest BCUT2D eigenvalue weighted by atomic mass is 9.90. The minimum absolute atomic E-state index is 0.189. The van der Waals surface area contributed by atoms with Crippen LogP contribution in [0, 0.1) is 12.8 Å². The molecule has 0 amide bonds. The van der Waals surface area contributed by atoms with Crippen molar-refractivity contribution >= 4 is 13.7 Å². The van der Waals surface area contributed by atoms with Gasteiger partial charge in [0.2, 0.25) is 0 Å². The molecule has 1 aromatic carbocycles. The molecule has 0 saturated heterocycles. The summed E-state index contributed by atoms with van der Waals surface area (Å²) in [4.78, 5) is 38.7. The molecule has 0 bridgehead atoms. The number of nitrogens with zero attached hydrogens (tertiary/aromatic N) is 1. The van der Waals surface area contributed by atoms with E-state index in [1.54, 1.807) is 56.3 Å². The second-order valence-corrected chi connectivity index (χ2v) is 11.3. The summed E-state index contributed by atoms with van der Waals surface area (Å²) in [7, 11) is -4.06. The number of hydrogen-bond acceptors (Lipinski definition) is 8. The highest BCUT2D eigenvalue weighted by Crippen LogP contribution is 2.45. The van der Waals surface area contributed by atoms with Gasteiger partial charge in [-0.2, -0.15) is 5.09 Å². The average Bonchev–Trinajstić information content (AvgIpc) is 3.38. The van der Waals surface area contributed by atoms with Crippen molar-refractivity contribution in [2.75, 3.05) is 13.2 Å². The number of aromatic nitrogens is 2. The van der Waals surface area contributed by atoms with E-state index < -0.39 is 43.3 Å². The maximum atomic E-state index is 13.7. The van der Waals surface area contributed by atoms with Gasteiger partial charge in [0.1, 0.15) is 17.9 Å². The van der Waals surface area contributed by atoms with Crippen LogP contribution in [0.4, 0.5) is 0 Å². The first kappa shape index (κ1) is 28.0. The Kier molecular flexibility index (Phi) is 9.38. The maximum absolute atomic E-state index is 13.7. The number of aryl methyl sites for hydroxylation is 1. The summed E-state index contributed by atoms with van der Waals surface area (Å²) in [6, 6.07) is 7.52. The molecule has 4 atom stereocenters. The molecule has 206 valence electrons. The Morgan fingerprint density at radius 2 is 1.89 bits per heavy atom. The summed E-state index contributed by atoms with van der Waals surface area (Å²) >= 11 is 0. The van der Waals surface area contributed by atoms with Crippen LogP contribution in [-0.2, 0) is 23.4 Å². The van der Waals surface area contributed by atoms with Gasteiger partial charge < -0.3 is 14.0 Å². The van der Waals surface area contributed by atoms with Crippen LogP contribution in [-0.4, -0.2) is 40.9 Å². The van der Waals surface area contributed by atoms with Gasteiger partial charge in [0, 0.05) is 11.8 Å². The van der Waals surface area contributed by atoms with Crippen molar-refractivity contribution in [3.63, 3.8) is 0 Å². The van der Waals surface area contributed by atoms with Gasteiger partial charge in [-0.3, -0.25) is 23.7 Å². The Morgan fingerprint density at radius 3 is 2.63 bits per heavy atom. The van der Waals surface area contributed by atoms with Crippen LogP contribution in [0.1, 0.15) is 50.8 Å². The van der Waals surface area contributed by atoms with Crippen LogP contribution in [0.25, 0.3) is 0 Å². The van der Waals surface area contributed by atoms with E-state index in [2.05, 4.69) is 10.1 Å². The molecule has 38 heavy (non-hydrogen) atoms. The number of H-pyrrole nitrogens is 1. The Balaban J connectivity index is 1.38. The molecule has 1 fully saturated rings. The highest BCUT2D eigenvalue weighted by Gasteiger charge is 2.34. The zero-order valence-corrected chi connectivity index (χ0v) is 22.4.